The van der Waals surface area contributed by atoms with Crippen LogP contribution in [0.5, 0.6) is 0 Å². The van der Waals surface area contributed by atoms with E-state index in [9.17, 15) is 8.42 Å². The smallest absolute Gasteiger partial charge is 0.267 e. The van der Waals surface area contributed by atoms with Crippen molar-refractivity contribution in [2.24, 2.45) is 0 Å². The van der Waals surface area contributed by atoms with Crippen LogP contribution >= 0.6 is 11.6 Å². The minimum absolute atomic E-state index is 0.0331. The van der Waals surface area contributed by atoms with E-state index in [0.29, 0.717) is 27.9 Å². The van der Waals surface area contributed by atoms with Crippen molar-refractivity contribution in [3.63, 3.8) is 0 Å². The molecule has 0 aliphatic carbocycles. The number of hydrogen-bond acceptors (Lipinski definition) is 6. The largest absolute Gasteiger partial charge is 0.360 e. The van der Waals surface area contributed by atoms with Crippen molar-refractivity contribution in [3.05, 3.63) is 59.1 Å². The van der Waals surface area contributed by atoms with Crippen LogP contribution in [-0.4, -0.2) is 18.6 Å². The predicted octanol–water partition coefficient (Wildman–Crippen LogP) is 3.88. The first-order chi connectivity index (χ1) is 11.9. The van der Waals surface area contributed by atoms with Crippen molar-refractivity contribution >= 4 is 38.8 Å². The minimum atomic E-state index is -3.80. The Bertz CT molecular complexity index is 981. The van der Waals surface area contributed by atoms with Crippen LogP contribution in [0.15, 0.2) is 52.0 Å². The number of nitrogens with zero attached hydrogens (tertiary/aromatic N) is 2. The molecule has 3 aromatic rings. The highest BCUT2D eigenvalue weighted by molar-refractivity contribution is 7.92. The number of pyridine rings is 1. The lowest BCUT2D eigenvalue weighted by molar-refractivity contribution is 0.390. The molecule has 0 aliphatic heterocycles. The van der Waals surface area contributed by atoms with Crippen LogP contribution in [0.2, 0.25) is 5.02 Å². The van der Waals surface area contributed by atoms with Gasteiger partial charge in [0.15, 0.2) is 10.7 Å². The summed E-state index contributed by atoms with van der Waals surface area (Å²) < 4.78 is 32.3. The molecule has 2 aromatic heterocycles. The Morgan fingerprint density at radius 2 is 1.88 bits per heavy atom. The van der Waals surface area contributed by atoms with Crippen LogP contribution in [0.4, 0.5) is 17.2 Å². The van der Waals surface area contributed by atoms with Crippen LogP contribution in [0.25, 0.3) is 0 Å². The Morgan fingerprint density at radius 3 is 2.48 bits per heavy atom. The number of aryl methyl sites for hydroxylation is 2. The monoisotopic (exact) mass is 378 g/mol. The van der Waals surface area contributed by atoms with Gasteiger partial charge in [0.2, 0.25) is 0 Å². The summed E-state index contributed by atoms with van der Waals surface area (Å²) in [4.78, 5) is 4.22. The van der Waals surface area contributed by atoms with Gasteiger partial charge in [-0.2, -0.15) is 0 Å². The van der Waals surface area contributed by atoms with E-state index in [4.69, 9.17) is 16.1 Å². The highest BCUT2D eigenvalue weighted by atomic mass is 35.5. The van der Waals surface area contributed by atoms with Gasteiger partial charge < -0.3 is 9.84 Å². The maximum Gasteiger partial charge on any atom is 0.267 e. The lowest BCUT2D eigenvalue weighted by Gasteiger charge is -2.10. The average molecular weight is 379 g/mol. The van der Waals surface area contributed by atoms with E-state index in [1.165, 1.54) is 6.20 Å². The molecule has 3 rings (SSSR count). The summed E-state index contributed by atoms with van der Waals surface area (Å²) in [6, 6.07) is 10.5. The third-order valence-electron chi connectivity index (χ3n) is 3.39. The zero-order chi connectivity index (χ0) is 18.0. The highest BCUT2D eigenvalue weighted by Gasteiger charge is 2.24. The maximum absolute atomic E-state index is 12.5. The molecule has 0 fully saturated rings. The quantitative estimate of drug-likeness (QED) is 0.699. The number of aromatic nitrogens is 2. The van der Waals surface area contributed by atoms with E-state index in [1.807, 2.05) is 18.2 Å². The van der Waals surface area contributed by atoms with Crippen LogP contribution < -0.4 is 10.0 Å². The summed E-state index contributed by atoms with van der Waals surface area (Å²) in [5.41, 5.74) is 1.33. The van der Waals surface area contributed by atoms with Gasteiger partial charge in [-0.15, -0.1) is 0 Å². The van der Waals surface area contributed by atoms with E-state index >= 15 is 0 Å². The molecule has 0 bridgehead atoms. The minimum Gasteiger partial charge on any atom is -0.360 e. The summed E-state index contributed by atoms with van der Waals surface area (Å²) in [5.74, 6) is 0.767. The number of para-hydroxylation sites is 1. The van der Waals surface area contributed by atoms with Gasteiger partial charge in [0.25, 0.3) is 10.0 Å². The molecule has 0 spiro atoms. The number of rotatable bonds is 5. The van der Waals surface area contributed by atoms with Crippen LogP contribution in [-0.2, 0) is 10.0 Å². The van der Waals surface area contributed by atoms with Crippen LogP contribution in [0.1, 0.15) is 11.5 Å². The third kappa shape index (κ3) is 3.75. The van der Waals surface area contributed by atoms with Gasteiger partial charge in [-0.25, -0.2) is 13.4 Å². The van der Waals surface area contributed by atoms with Crippen molar-refractivity contribution in [1.82, 2.24) is 10.1 Å². The topological polar surface area (TPSA) is 97.1 Å². The summed E-state index contributed by atoms with van der Waals surface area (Å²) in [7, 11) is -3.80. The molecule has 2 heterocycles. The van der Waals surface area contributed by atoms with Crippen LogP contribution in [0, 0.1) is 13.8 Å². The zero-order valence-corrected chi connectivity index (χ0v) is 15.0. The highest BCUT2D eigenvalue weighted by Crippen LogP contribution is 2.25. The van der Waals surface area contributed by atoms with Crippen molar-refractivity contribution in [2.75, 3.05) is 10.0 Å². The Labute approximate surface area is 150 Å². The first-order valence-electron chi connectivity index (χ1n) is 7.30. The lowest BCUT2D eigenvalue weighted by Crippen LogP contribution is -2.14. The summed E-state index contributed by atoms with van der Waals surface area (Å²) in [6.07, 6.45) is 1.41. The Balaban J connectivity index is 1.78. The second-order valence-corrected chi connectivity index (χ2v) is 7.32. The standard InChI is InChI=1S/C16H15ClN4O3S/c1-10-16(11(2)24-20-10)25(22,23)21-12-7-8-15(18-9-12)19-14-6-4-3-5-13(14)17/h3-9,21H,1-2H3,(H,18,19). The van der Waals surface area contributed by atoms with Gasteiger partial charge in [0, 0.05) is 0 Å². The first kappa shape index (κ1) is 17.2. The molecule has 0 unspecified atom stereocenters. The molecular weight excluding hydrogens is 364 g/mol. The molecule has 25 heavy (non-hydrogen) atoms. The van der Waals surface area contributed by atoms with Gasteiger partial charge in [0.05, 0.1) is 22.6 Å². The second-order valence-electron chi connectivity index (χ2n) is 5.30. The number of nitrogens with one attached hydrogen (secondary N) is 2. The molecule has 1 aromatic carbocycles. The molecule has 130 valence electrons. The number of hydrogen-bond donors (Lipinski definition) is 2. The van der Waals surface area contributed by atoms with Crippen LogP contribution in [0.3, 0.4) is 0 Å². The van der Waals surface area contributed by atoms with Crippen molar-refractivity contribution in [1.29, 1.82) is 0 Å². The molecule has 0 saturated carbocycles. The molecular formula is C16H15ClN4O3S. The average Bonchev–Trinajstić information content (AvgIpc) is 2.91. The van der Waals surface area contributed by atoms with E-state index in [1.54, 1.807) is 32.0 Å². The molecule has 0 saturated heterocycles. The van der Waals surface area contributed by atoms with Crippen molar-refractivity contribution in [2.45, 2.75) is 18.7 Å². The molecule has 0 aliphatic rings. The fourth-order valence-corrected chi connectivity index (χ4v) is 3.85. The van der Waals surface area contributed by atoms with Gasteiger partial charge in [-0.1, -0.05) is 28.9 Å². The number of anilines is 3. The molecule has 0 amide bonds. The molecule has 9 heteroatoms. The zero-order valence-electron chi connectivity index (χ0n) is 13.4. The number of benzene rings is 1. The molecule has 0 radical (unpaired) electrons. The van der Waals surface area contributed by atoms with E-state index in [2.05, 4.69) is 20.2 Å². The second kappa shape index (κ2) is 6.73. The number of sulfonamides is 1. The SMILES string of the molecule is Cc1noc(C)c1S(=O)(=O)Nc1ccc(Nc2ccccc2Cl)nc1. The summed E-state index contributed by atoms with van der Waals surface area (Å²) in [6.45, 7) is 3.11. The molecule has 0 atom stereocenters. The Hall–Kier alpha value is -2.58. The van der Waals surface area contributed by atoms with E-state index < -0.39 is 10.0 Å². The molecule has 2 N–H and O–H groups in total. The Morgan fingerprint density at radius 1 is 1.12 bits per heavy atom. The van der Waals surface area contributed by atoms with Gasteiger partial charge in [0.1, 0.15) is 11.5 Å². The number of halogens is 1. The van der Waals surface area contributed by atoms with Crippen molar-refractivity contribution in [3.8, 4) is 0 Å². The first-order valence-corrected chi connectivity index (χ1v) is 9.16. The van der Waals surface area contributed by atoms with Gasteiger partial charge >= 0.3 is 0 Å². The maximum atomic E-state index is 12.5. The Kier molecular flexibility index (Phi) is 4.65. The lowest BCUT2D eigenvalue weighted by atomic mass is 10.3. The molecule has 7 nitrogen and oxygen atoms in total. The van der Waals surface area contributed by atoms with Gasteiger partial charge in [-0.05, 0) is 38.1 Å². The fraction of sp³-hybridized carbons (Fsp3) is 0.125. The van der Waals surface area contributed by atoms with E-state index in [-0.39, 0.29) is 10.7 Å². The van der Waals surface area contributed by atoms with Gasteiger partial charge in [-0.3, -0.25) is 4.72 Å². The fourth-order valence-electron chi connectivity index (χ4n) is 2.29. The summed E-state index contributed by atoms with van der Waals surface area (Å²) >= 11 is 6.08. The third-order valence-corrected chi connectivity index (χ3v) is 5.34. The van der Waals surface area contributed by atoms with Crippen molar-refractivity contribution < 1.29 is 12.9 Å². The predicted molar refractivity (Wildman–Crippen MR) is 95.8 cm³/mol. The summed E-state index contributed by atoms with van der Waals surface area (Å²) in [5, 5.41) is 7.29. The van der Waals surface area contributed by atoms with E-state index in [0.717, 1.165) is 0 Å². The normalized spacial score (nSPS) is 11.3.